The number of hydrogen-bond acceptors (Lipinski definition) is 1. The molecule has 1 aliphatic carbocycles. The molecule has 3 heteroatoms. The second-order valence-corrected chi connectivity index (χ2v) is 2.32. The summed E-state index contributed by atoms with van der Waals surface area (Å²) in [5.74, 6) is 0. The van der Waals surface area contributed by atoms with Crippen molar-refractivity contribution >= 4 is 0 Å². The van der Waals surface area contributed by atoms with Gasteiger partial charge >= 0.3 is 0 Å². The van der Waals surface area contributed by atoms with Crippen molar-refractivity contribution in [3.05, 3.63) is 16.5 Å². The highest BCUT2D eigenvalue weighted by atomic mass is 15.1. The molecule has 0 aliphatic heterocycles. The van der Waals surface area contributed by atoms with Crippen molar-refractivity contribution in [3.8, 4) is 0 Å². The van der Waals surface area contributed by atoms with Crippen LogP contribution >= 0.6 is 0 Å². The zero-order valence-electron chi connectivity index (χ0n) is 5.38. The molecule has 0 unspecified atom stereocenters. The van der Waals surface area contributed by atoms with Crippen molar-refractivity contribution in [2.75, 3.05) is 0 Å². The van der Waals surface area contributed by atoms with Gasteiger partial charge in [-0.1, -0.05) is 24.4 Å². The molecular weight excluding hydrogens is 114 g/mol. The molecule has 3 nitrogen and oxygen atoms in total. The quantitative estimate of drug-likeness (QED) is 0.293. The molecule has 0 saturated heterocycles. The van der Waals surface area contributed by atoms with E-state index in [-0.39, 0.29) is 0 Å². The van der Waals surface area contributed by atoms with Crippen molar-refractivity contribution in [1.29, 1.82) is 0 Å². The van der Waals surface area contributed by atoms with Gasteiger partial charge in [0.25, 0.3) is 0 Å². The molecule has 1 saturated carbocycles. The van der Waals surface area contributed by atoms with Gasteiger partial charge in [0.2, 0.25) is 0 Å². The van der Waals surface area contributed by atoms with E-state index < -0.39 is 0 Å². The molecular formula is C6H10N3. The molecule has 0 N–H and O–H groups in total. The number of hydrogen-bond donors (Lipinski definition) is 0. The lowest BCUT2D eigenvalue weighted by molar-refractivity contribution is 0.528. The third kappa shape index (κ3) is 1.94. The van der Waals surface area contributed by atoms with E-state index in [0.717, 1.165) is 18.9 Å². The number of nitrogens with zero attached hydrogens (tertiary/aromatic N) is 3. The Kier molecular flexibility index (Phi) is 2.40. The second-order valence-electron chi connectivity index (χ2n) is 2.32. The molecule has 0 aromatic carbocycles. The zero-order valence-corrected chi connectivity index (χ0v) is 5.38. The zero-order chi connectivity index (χ0) is 6.53. The Morgan fingerprint density at radius 3 is 2.44 bits per heavy atom. The Balaban J connectivity index is 2.31. The molecule has 0 aromatic rings. The van der Waals surface area contributed by atoms with Gasteiger partial charge in [0.1, 0.15) is 0 Å². The normalized spacial score (nSPS) is 20.9. The lowest BCUT2D eigenvalue weighted by atomic mass is 9.96. The predicted octanol–water partition coefficient (Wildman–Crippen LogP) is 2.79. The van der Waals surface area contributed by atoms with Gasteiger partial charge in [-0.25, -0.2) is 0 Å². The predicted molar refractivity (Wildman–Crippen MR) is 35.5 cm³/mol. The monoisotopic (exact) mass is 124 g/mol. The maximum absolute atomic E-state index is 8.06. The highest BCUT2D eigenvalue weighted by molar-refractivity contribution is 4.89. The van der Waals surface area contributed by atoms with Crippen LogP contribution in [0.2, 0.25) is 0 Å². The van der Waals surface area contributed by atoms with Gasteiger partial charge in [-0.05, 0) is 18.4 Å². The lowest BCUT2D eigenvalue weighted by Gasteiger charge is -2.14. The van der Waals surface area contributed by atoms with Gasteiger partial charge in [-0.3, -0.25) is 0 Å². The summed E-state index contributed by atoms with van der Waals surface area (Å²) in [6.45, 7) is 0. The molecule has 1 fully saturated rings. The van der Waals surface area contributed by atoms with Gasteiger partial charge in [0, 0.05) is 4.91 Å². The molecule has 0 atom stereocenters. The summed E-state index contributed by atoms with van der Waals surface area (Å²) in [7, 11) is 0. The standard InChI is InChI=1S/C6H10N3/c7-9-8-6-4-2-1-3-5-6/h1-5H2. The summed E-state index contributed by atoms with van der Waals surface area (Å²) < 4.78 is 0. The van der Waals surface area contributed by atoms with Crippen LogP contribution in [0.1, 0.15) is 32.1 Å². The Morgan fingerprint density at radius 2 is 1.89 bits per heavy atom. The molecule has 1 aliphatic rings. The highest BCUT2D eigenvalue weighted by Gasteiger charge is 2.10. The number of rotatable bonds is 1. The van der Waals surface area contributed by atoms with Crippen molar-refractivity contribution in [1.82, 2.24) is 0 Å². The third-order valence-electron chi connectivity index (χ3n) is 1.62. The summed E-state index contributed by atoms with van der Waals surface area (Å²) in [4.78, 5) is 2.75. The van der Waals surface area contributed by atoms with Gasteiger partial charge in [0.15, 0.2) is 0 Å². The first-order valence-electron chi connectivity index (χ1n) is 3.33. The Labute approximate surface area is 54.7 Å². The second kappa shape index (κ2) is 3.36. The minimum atomic E-state index is 1.02. The van der Waals surface area contributed by atoms with Crippen molar-refractivity contribution in [3.63, 3.8) is 0 Å². The molecule has 1 rings (SSSR count). The molecule has 0 bridgehead atoms. The minimum absolute atomic E-state index is 1.02. The third-order valence-corrected chi connectivity index (χ3v) is 1.62. The van der Waals surface area contributed by atoms with E-state index in [9.17, 15) is 0 Å². The summed E-state index contributed by atoms with van der Waals surface area (Å²) >= 11 is 0. The Morgan fingerprint density at radius 1 is 1.22 bits per heavy atom. The summed E-state index contributed by atoms with van der Waals surface area (Å²) in [5, 5.41) is 3.58. The average Bonchev–Trinajstić information content (AvgIpc) is 1.91. The van der Waals surface area contributed by atoms with Gasteiger partial charge in [0.05, 0.1) is 6.04 Å². The van der Waals surface area contributed by atoms with Crippen LogP contribution in [0.15, 0.2) is 5.11 Å². The minimum Gasteiger partial charge on any atom is -0.0866 e. The number of azide groups is 1. The fourth-order valence-corrected chi connectivity index (χ4v) is 1.12. The fourth-order valence-electron chi connectivity index (χ4n) is 1.12. The first-order chi connectivity index (χ1) is 4.43. The van der Waals surface area contributed by atoms with Crippen LogP contribution in [-0.4, -0.2) is 0 Å². The van der Waals surface area contributed by atoms with E-state index in [1.54, 1.807) is 0 Å². The summed E-state index contributed by atoms with van der Waals surface area (Å²) in [5.41, 5.74) is 8.06. The van der Waals surface area contributed by atoms with Crippen molar-refractivity contribution < 1.29 is 0 Å². The Bertz CT molecular complexity index is 120. The van der Waals surface area contributed by atoms with Crippen LogP contribution in [-0.2, 0) is 0 Å². The van der Waals surface area contributed by atoms with E-state index >= 15 is 0 Å². The molecule has 1 radical (unpaired) electrons. The van der Waals surface area contributed by atoms with Gasteiger partial charge < -0.3 is 0 Å². The summed E-state index contributed by atoms with van der Waals surface area (Å²) in [6, 6.07) is 1.05. The van der Waals surface area contributed by atoms with E-state index in [0.29, 0.717) is 0 Å². The first-order valence-corrected chi connectivity index (χ1v) is 3.33. The van der Waals surface area contributed by atoms with Crippen molar-refractivity contribution in [2.45, 2.75) is 32.1 Å². The maximum atomic E-state index is 8.06. The Hall–Kier alpha value is -0.690. The SMILES string of the molecule is [N-]=[N+]=N[C]1CCCCC1. The molecule has 0 heterocycles. The van der Waals surface area contributed by atoms with Crippen LogP contribution in [0.3, 0.4) is 0 Å². The van der Waals surface area contributed by atoms with E-state index in [4.69, 9.17) is 5.53 Å². The molecule has 9 heavy (non-hydrogen) atoms. The van der Waals surface area contributed by atoms with Crippen LogP contribution in [0.25, 0.3) is 10.4 Å². The topological polar surface area (TPSA) is 48.8 Å². The largest absolute Gasteiger partial charge is 0.0866 e. The van der Waals surface area contributed by atoms with Crippen molar-refractivity contribution in [2.24, 2.45) is 5.11 Å². The summed E-state index contributed by atoms with van der Waals surface area (Å²) in [6.07, 6.45) is 5.74. The molecule has 0 spiro atoms. The fraction of sp³-hybridized carbons (Fsp3) is 0.833. The molecule has 49 valence electrons. The maximum Gasteiger partial charge on any atom is 0.0600 e. The smallest absolute Gasteiger partial charge is 0.0600 e. The van der Waals surface area contributed by atoms with E-state index in [2.05, 4.69) is 10.0 Å². The lowest BCUT2D eigenvalue weighted by Crippen LogP contribution is -1.99. The van der Waals surface area contributed by atoms with Crippen LogP contribution < -0.4 is 0 Å². The molecule has 0 amide bonds. The highest BCUT2D eigenvalue weighted by Crippen LogP contribution is 2.26. The molecule has 0 aromatic heterocycles. The van der Waals surface area contributed by atoms with Crippen LogP contribution in [0.5, 0.6) is 0 Å². The van der Waals surface area contributed by atoms with Crippen LogP contribution in [0.4, 0.5) is 0 Å². The van der Waals surface area contributed by atoms with Gasteiger partial charge in [-0.2, -0.15) is 0 Å². The van der Waals surface area contributed by atoms with Crippen LogP contribution in [0, 0.1) is 6.04 Å². The van der Waals surface area contributed by atoms with E-state index in [1.165, 1.54) is 19.3 Å². The van der Waals surface area contributed by atoms with Gasteiger partial charge in [-0.15, -0.1) is 0 Å². The first kappa shape index (κ1) is 6.43. The average molecular weight is 124 g/mol. The van der Waals surface area contributed by atoms with E-state index in [1.807, 2.05) is 0 Å².